The van der Waals surface area contributed by atoms with Gasteiger partial charge in [-0.05, 0) is 19.1 Å². The lowest BCUT2D eigenvalue weighted by Gasteiger charge is -2.04. The van der Waals surface area contributed by atoms with Gasteiger partial charge in [0.05, 0.1) is 11.3 Å². The summed E-state index contributed by atoms with van der Waals surface area (Å²) < 4.78 is 41.6. The maximum Gasteiger partial charge on any atom is 0.261 e. The normalized spacial score (nSPS) is 11.1. The Morgan fingerprint density at radius 2 is 1.81 bits per heavy atom. The lowest BCUT2D eigenvalue weighted by Crippen LogP contribution is -2.16. The molecular weight excluding hydrogens is 377 g/mol. The van der Waals surface area contributed by atoms with Crippen LogP contribution in [0.15, 0.2) is 41.8 Å². The summed E-state index contributed by atoms with van der Waals surface area (Å²) in [4.78, 5) is 16.8. The molecule has 9 heteroatoms. The van der Waals surface area contributed by atoms with Gasteiger partial charge in [-0.3, -0.25) is 10.1 Å². The van der Waals surface area contributed by atoms with Gasteiger partial charge in [-0.2, -0.15) is 4.98 Å². The quantitative estimate of drug-likeness (QED) is 0.528. The molecule has 4 rings (SSSR count). The first-order valence-corrected chi connectivity index (χ1v) is 8.68. The molecular formula is C18H11F3N4OS. The van der Waals surface area contributed by atoms with Gasteiger partial charge in [0.2, 0.25) is 4.96 Å². The van der Waals surface area contributed by atoms with Gasteiger partial charge in [0, 0.05) is 10.9 Å². The molecule has 5 nitrogen and oxygen atoms in total. The summed E-state index contributed by atoms with van der Waals surface area (Å²) in [6, 6.07) is 9.34. The Balaban J connectivity index is 1.65. The monoisotopic (exact) mass is 388 g/mol. The summed E-state index contributed by atoms with van der Waals surface area (Å²) in [5, 5.41) is 8.38. The minimum absolute atomic E-state index is 0.0654. The fraction of sp³-hybridized carbons (Fsp3) is 0.0556. The van der Waals surface area contributed by atoms with Crippen LogP contribution in [-0.4, -0.2) is 20.5 Å². The van der Waals surface area contributed by atoms with E-state index in [-0.39, 0.29) is 5.95 Å². The van der Waals surface area contributed by atoms with Gasteiger partial charge in [0.1, 0.15) is 0 Å². The minimum atomic E-state index is -1.71. The molecule has 0 aliphatic rings. The van der Waals surface area contributed by atoms with Crippen LogP contribution in [0.3, 0.4) is 0 Å². The van der Waals surface area contributed by atoms with Gasteiger partial charge in [0.15, 0.2) is 17.5 Å². The Hall–Kier alpha value is -3.20. The number of anilines is 1. The Kier molecular flexibility index (Phi) is 4.15. The topological polar surface area (TPSA) is 59.3 Å². The second kappa shape index (κ2) is 6.51. The summed E-state index contributed by atoms with van der Waals surface area (Å²) >= 11 is 1.32. The van der Waals surface area contributed by atoms with Crippen LogP contribution in [-0.2, 0) is 0 Å². The molecule has 136 valence electrons. The SMILES string of the molecule is Cc1ccc(-c2csc3nc(NC(=O)c4ccc(F)c(F)c4F)nn23)cc1. The Morgan fingerprint density at radius 1 is 1.07 bits per heavy atom. The fourth-order valence-electron chi connectivity index (χ4n) is 2.53. The molecule has 0 saturated carbocycles. The highest BCUT2D eigenvalue weighted by Crippen LogP contribution is 2.26. The van der Waals surface area contributed by atoms with E-state index in [1.807, 2.05) is 36.6 Å². The molecule has 0 unspecified atom stereocenters. The number of carbonyl (C=O) groups excluding carboxylic acids is 1. The van der Waals surface area contributed by atoms with Crippen LogP contribution in [0, 0.1) is 24.4 Å². The van der Waals surface area contributed by atoms with Crippen molar-refractivity contribution in [1.82, 2.24) is 14.6 Å². The van der Waals surface area contributed by atoms with Crippen molar-refractivity contribution < 1.29 is 18.0 Å². The lowest BCUT2D eigenvalue weighted by atomic mass is 10.1. The van der Waals surface area contributed by atoms with Gasteiger partial charge in [-0.1, -0.05) is 29.8 Å². The number of hydrogen-bond acceptors (Lipinski definition) is 4. The largest absolute Gasteiger partial charge is 0.289 e. The number of thiazole rings is 1. The van der Waals surface area contributed by atoms with Crippen LogP contribution in [0.2, 0.25) is 0 Å². The van der Waals surface area contributed by atoms with E-state index in [2.05, 4.69) is 15.4 Å². The third-order valence-corrected chi connectivity index (χ3v) is 4.75. The Labute approximate surface area is 155 Å². The summed E-state index contributed by atoms with van der Waals surface area (Å²) in [5.41, 5.74) is 2.18. The van der Waals surface area contributed by atoms with Gasteiger partial charge >= 0.3 is 0 Å². The molecule has 0 aliphatic carbocycles. The van der Waals surface area contributed by atoms with Crippen LogP contribution >= 0.6 is 11.3 Å². The zero-order valence-electron chi connectivity index (χ0n) is 13.8. The number of nitrogens with zero attached hydrogens (tertiary/aromatic N) is 3. The lowest BCUT2D eigenvalue weighted by molar-refractivity contribution is 0.102. The Bertz CT molecular complexity index is 1170. The molecule has 1 N–H and O–H groups in total. The predicted molar refractivity (Wildman–Crippen MR) is 95.3 cm³/mol. The molecule has 27 heavy (non-hydrogen) atoms. The smallest absolute Gasteiger partial charge is 0.261 e. The minimum Gasteiger partial charge on any atom is -0.289 e. The predicted octanol–water partition coefficient (Wildman–Crippen LogP) is 4.44. The first-order chi connectivity index (χ1) is 12.9. The fourth-order valence-corrected chi connectivity index (χ4v) is 3.36. The van der Waals surface area contributed by atoms with Crippen molar-refractivity contribution in [2.45, 2.75) is 6.92 Å². The molecule has 2 aromatic heterocycles. The number of aromatic nitrogens is 3. The number of aryl methyl sites for hydroxylation is 1. The van der Waals surface area contributed by atoms with E-state index in [9.17, 15) is 18.0 Å². The van der Waals surface area contributed by atoms with E-state index in [4.69, 9.17) is 0 Å². The van der Waals surface area contributed by atoms with E-state index in [0.717, 1.165) is 22.9 Å². The molecule has 0 radical (unpaired) electrons. The highest BCUT2D eigenvalue weighted by atomic mass is 32.1. The second-order valence-corrected chi connectivity index (χ2v) is 6.63. The average Bonchev–Trinajstić information content (AvgIpc) is 3.20. The van der Waals surface area contributed by atoms with Crippen molar-refractivity contribution in [1.29, 1.82) is 0 Å². The number of benzene rings is 2. The third kappa shape index (κ3) is 3.06. The van der Waals surface area contributed by atoms with E-state index in [0.29, 0.717) is 11.0 Å². The van der Waals surface area contributed by atoms with Gasteiger partial charge < -0.3 is 0 Å². The van der Waals surface area contributed by atoms with Crippen LogP contribution in [0.1, 0.15) is 15.9 Å². The molecule has 0 atom stereocenters. The zero-order chi connectivity index (χ0) is 19.1. The first-order valence-electron chi connectivity index (χ1n) is 7.80. The van der Waals surface area contributed by atoms with Crippen molar-refractivity contribution in [2.75, 3.05) is 5.32 Å². The van der Waals surface area contributed by atoms with Gasteiger partial charge in [-0.15, -0.1) is 16.4 Å². The van der Waals surface area contributed by atoms with Crippen molar-refractivity contribution >= 4 is 28.2 Å². The molecule has 0 bridgehead atoms. The second-order valence-electron chi connectivity index (χ2n) is 5.79. The molecule has 0 fully saturated rings. The Morgan fingerprint density at radius 3 is 2.56 bits per heavy atom. The average molecular weight is 388 g/mol. The summed E-state index contributed by atoms with van der Waals surface area (Å²) in [6.45, 7) is 1.98. The van der Waals surface area contributed by atoms with E-state index >= 15 is 0 Å². The number of nitrogens with one attached hydrogen (secondary N) is 1. The van der Waals surface area contributed by atoms with Crippen molar-refractivity contribution in [3.05, 3.63) is 70.4 Å². The summed E-state index contributed by atoms with van der Waals surface area (Å²) in [7, 11) is 0. The number of amides is 1. The summed E-state index contributed by atoms with van der Waals surface area (Å²) in [5.74, 6) is -5.67. The number of hydrogen-bond donors (Lipinski definition) is 1. The highest BCUT2D eigenvalue weighted by molar-refractivity contribution is 7.15. The van der Waals surface area contributed by atoms with E-state index < -0.39 is 28.9 Å². The van der Waals surface area contributed by atoms with Crippen molar-refractivity contribution in [3.63, 3.8) is 0 Å². The van der Waals surface area contributed by atoms with Crippen LogP contribution < -0.4 is 5.32 Å². The first kappa shape index (κ1) is 17.2. The molecule has 1 amide bonds. The van der Waals surface area contributed by atoms with Crippen molar-refractivity contribution in [3.8, 4) is 11.3 Å². The molecule has 0 saturated heterocycles. The van der Waals surface area contributed by atoms with E-state index in [1.54, 1.807) is 4.52 Å². The molecule has 2 aromatic carbocycles. The maximum absolute atomic E-state index is 13.8. The molecule has 2 heterocycles. The maximum atomic E-state index is 13.8. The van der Waals surface area contributed by atoms with Crippen molar-refractivity contribution in [2.24, 2.45) is 0 Å². The zero-order valence-corrected chi connectivity index (χ0v) is 14.6. The molecule has 4 aromatic rings. The highest BCUT2D eigenvalue weighted by Gasteiger charge is 2.20. The van der Waals surface area contributed by atoms with Crippen LogP contribution in [0.4, 0.5) is 19.1 Å². The number of fused-ring (bicyclic) bond motifs is 1. The summed E-state index contributed by atoms with van der Waals surface area (Å²) in [6.07, 6.45) is 0. The third-order valence-electron chi connectivity index (χ3n) is 3.93. The number of halogens is 3. The van der Waals surface area contributed by atoms with Crippen LogP contribution in [0.25, 0.3) is 16.2 Å². The number of carbonyl (C=O) groups is 1. The van der Waals surface area contributed by atoms with E-state index in [1.165, 1.54) is 11.3 Å². The molecule has 0 spiro atoms. The van der Waals surface area contributed by atoms with Gasteiger partial charge in [-0.25, -0.2) is 17.7 Å². The van der Waals surface area contributed by atoms with Crippen LogP contribution in [0.5, 0.6) is 0 Å². The standard InChI is InChI=1S/C18H11F3N4OS/c1-9-2-4-10(5-3-9)13-8-27-18-23-17(24-25(13)18)22-16(26)11-6-7-12(19)15(21)14(11)20/h2-8H,1H3,(H,22,24,26). The molecule has 0 aliphatic heterocycles. The van der Waals surface area contributed by atoms with Gasteiger partial charge in [0.25, 0.3) is 11.9 Å². The number of rotatable bonds is 3.